The normalized spacial score (nSPS) is 11.9. The van der Waals surface area contributed by atoms with Crippen LogP contribution in [0.1, 0.15) is 56.1 Å². The number of aromatic hydroxyl groups is 1. The van der Waals surface area contributed by atoms with Crippen LogP contribution in [0.5, 0.6) is 11.5 Å². The number of allylic oxidation sites excluding steroid dienone is 1. The second-order valence-electron chi connectivity index (χ2n) is 7.64. The largest absolute Gasteiger partial charge is 0.508 e. The van der Waals surface area contributed by atoms with Crippen LogP contribution in [0, 0.1) is 0 Å². The highest BCUT2D eigenvalue weighted by molar-refractivity contribution is 6.07. The lowest BCUT2D eigenvalue weighted by atomic mass is 9.85. The van der Waals surface area contributed by atoms with Crippen LogP contribution in [-0.4, -0.2) is 17.0 Å². The van der Waals surface area contributed by atoms with Gasteiger partial charge in [-0.05, 0) is 61.7 Å². The maximum atomic E-state index is 12.4. The smallest absolute Gasteiger partial charge is 0.185 e. The number of ketones is 1. The maximum Gasteiger partial charge on any atom is 0.185 e. The summed E-state index contributed by atoms with van der Waals surface area (Å²) >= 11 is 0. The molecule has 0 aromatic heterocycles. The van der Waals surface area contributed by atoms with Crippen LogP contribution in [0.25, 0.3) is 6.08 Å². The zero-order valence-corrected chi connectivity index (χ0v) is 16.0. The van der Waals surface area contributed by atoms with Crippen molar-refractivity contribution in [1.29, 1.82) is 0 Å². The molecule has 2 rings (SSSR count). The molecule has 0 atom stereocenters. The van der Waals surface area contributed by atoms with E-state index in [0.29, 0.717) is 17.0 Å². The van der Waals surface area contributed by atoms with Crippen molar-refractivity contribution >= 4 is 17.5 Å². The minimum atomic E-state index is -0.232. The second-order valence-corrected chi connectivity index (χ2v) is 7.64. The number of phenolic OH excluding ortho intramolecular Hbond substituents is 1. The molecule has 0 amide bonds. The van der Waals surface area contributed by atoms with Gasteiger partial charge in [0.25, 0.3) is 0 Å². The van der Waals surface area contributed by atoms with Gasteiger partial charge in [0.2, 0.25) is 0 Å². The van der Waals surface area contributed by atoms with Crippen molar-refractivity contribution in [1.82, 2.24) is 0 Å². The number of ether oxygens (including phenoxy) is 1. The summed E-state index contributed by atoms with van der Waals surface area (Å²) in [6.07, 6.45) is 3.19. The van der Waals surface area contributed by atoms with Gasteiger partial charge in [-0.25, -0.2) is 0 Å². The molecule has 0 saturated heterocycles. The molecule has 0 aliphatic heterocycles. The molecule has 2 aromatic rings. The lowest BCUT2D eigenvalue weighted by Gasteiger charge is -2.23. The third kappa shape index (κ3) is 4.88. The Kier molecular flexibility index (Phi) is 5.76. The lowest BCUT2D eigenvalue weighted by Crippen LogP contribution is -2.13. The fourth-order valence-corrected chi connectivity index (χ4v) is 2.58. The van der Waals surface area contributed by atoms with E-state index in [1.54, 1.807) is 36.4 Å². The molecule has 2 aromatic carbocycles. The highest BCUT2D eigenvalue weighted by Gasteiger charge is 2.20. The van der Waals surface area contributed by atoms with Crippen molar-refractivity contribution in [3.63, 3.8) is 0 Å². The highest BCUT2D eigenvalue weighted by Crippen LogP contribution is 2.37. The summed E-state index contributed by atoms with van der Waals surface area (Å²) in [6.45, 7) is 9.91. The van der Waals surface area contributed by atoms with Gasteiger partial charge < -0.3 is 15.6 Å². The Hall–Kier alpha value is -2.75. The standard InChI is InChI=1S/C22H27NO3/c1-14(2)26-21-13-20(25)18(22(3,4)5)12-16(21)8-11-19(24)15-6-9-17(23)10-7-15/h6-14,25H,23H2,1-5H3. The van der Waals surface area contributed by atoms with Gasteiger partial charge in [0.05, 0.1) is 6.10 Å². The summed E-state index contributed by atoms with van der Waals surface area (Å²) in [6, 6.07) is 10.3. The quantitative estimate of drug-likeness (QED) is 0.453. The monoisotopic (exact) mass is 353 g/mol. The van der Waals surface area contributed by atoms with Crippen LogP contribution in [0.4, 0.5) is 5.69 Å². The molecule has 4 nitrogen and oxygen atoms in total. The minimum absolute atomic E-state index is 0.0464. The SMILES string of the molecule is CC(C)Oc1cc(O)c(C(C)(C)C)cc1C=CC(=O)c1ccc(N)cc1. The van der Waals surface area contributed by atoms with Crippen molar-refractivity contribution < 1.29 is 14.6 Å². The Morgan fingerprint density at radius 1 is 1.15 bits per heavy atom. The first-order chi connectivity index (χ1) is 12.1. The predicted molar refractivity (Wildman–Crippen MR) is 107 cm³/mol. The van der Waals surface area contributed by atoms with Crippen LogP contribution < -0.4 is 10.5 Å². The van der Waals surface area contributed by atoms with E-state index in [-0.39, 0.29) is 23.1 Å². The van der Waals surface area contributed by atoms with Crippen LogP contribution in [0.2, 0.25) is 0 Å². The van der Waals surface area contributed by atoms with Crippen molar-refractivity contribution in [3.05, 3.63) is 59.2 Å². The van der Waals surface area contributed by atoms with Crippen molar-refractivity contribution in [2.75, 3.05) is 5.73 Å². The zero-order chi connectivity index (χ0) is 19.5. The van der Waals surface area contributed by atoms with Gasteiger partial charge >= 0.3 is 0 Å². The summed E-state index contributed by atoms with van der Waals surface area (Å²) in [5, 5.41) is 10.4. The Balaban J connectivity index is 2.41. The number of benzene rings is 2. The van der Waals surface area contributed by atoms with Crippen LogP contribution in [0.3, 0.4) is 0 Å². The number of nitrogens with two attached hydrogens (primary N) is 1. The molecular formula is C22H27NO3. The van der Waals surface area contributed by atoms with Crippen molar-refractivity contribution in [3.8, 4) is 11.5 Å². The molecule has 0 aliphatic carbocycles. The number of carbonyl (C=O) groups is 1. The fraction of sp³-hybridized carbons (Fsp3) is 0.318. The van der Waals surface area contributed by atoms with E-state index in [2.05, 4.69) is 0 Å². The molecule has 0 radical (unpaired) electrons. The number of phenols is 1. The number of anilines is 1. The number of hydrogen-bond acceptors (Lipinski definition) is 4. The van der Waals surface area contributed by atoms with E-state index in [1.165, 1.54) is 6.08 Å². The predicted octanol–water partition coefficient (Wildman–Crippen LogP) is 4.96. The van der Waals surface area contributed by atoms with E-state index < -0.39 is 0 Å². The molecule has 0 unspecified atom stereocenters. The molecular weight excluding hydrogens is 326 g/mol. The summed E-state index contributed by atoms with van der Waals surface area (Å²) in [7, 11) is 0. The Labute approximate surface area is 155 Å². The van der Waals surface area contributed by atoms with Gasteiger partial charge in [0.15, 0.2) is 5.78 Å². The molecule has 0 aliphatic rings. The average Bonchev–Trinajstić information content (AvgIpc) is 2.52. The zero-order valence-electron chi connectivity index (χ0n) is 16.0. The Morgan fingerprint density at radius 3 is 2.31 bits per heavy atom. The van der Waals surface area contributed by atoms with Crippen molar-refractivity contribution in [2.24, 2.45) is 0 Å². The van der Waals surface area contributed by atoms with Gasteiger partial charge in [0, 0.05) is 28.4 Å². The Bertz CT molecular complexity index is 813. The Morgan fingerprint density at radius 2 is 1.77 bits per heavy atom. The number of carbonyl (C=O) groups excluding carboxylic acids is 1. The lowest BCUT2D eigenvalue weighted by molar-refractivity contribution is 0.104. The third-order valence-corrected chi connectivity index (χ3v) is 3.91. The summed E-state index contributed by atoms with van der Waals surface area (Å²) in [4.78, 5) is 12.4. The summed E-state index contributed by atoms with van der Waals surface area (Å²) in [5.41, 5.74) is 8.17. The topological polar surface area (TPSA) is 72.5 Å². The summed E-state index contributed by atoms with van der Waals surface area (Å²) < 4.78 is 5.81. The van der Waals surface area contributed by atoms with E-state index in [4.69, 9.17) is 10.5 Å². The van der Waals surface area contributed by atoms with E-state index in [1.807, 2.05) is 40.7 Å². The summed E-state index contributed by atoms with van der Waals surface area (Å²) in [5.74, 6) is 0.618. The van der Waals surface area contributed by atoms with Crippen LogP contribution >= 0.6 is 0 Å². The third-order valence-electron chi connectivity index (χ3n) is 3.91. The molecule has 4 heteroatoms. The number of nitrogen functional groups attached to an aromatic ring is 1. The molecule has 0 saturated carbocycles. The molecule has 138 valence electrons. The molecule has 0 bridgehead atoms. The second kappa shape index (κ2) is 7.65. The van der Waals surface area contributed by atoms with E-state index in [0.717, 1.165) is 11.1 Å². The molecule has 0 spiro atoms. The first kappa shape index (κ1) is 19.6. The van der Waals surface area contributed by atoms with Crippen LogP contribution in [-0.2, 0) is 5.41 Å². The van der Waals surface area contributed by atoms with Gasteiger partial charge in [-0.1, -0.05) is 20.8 Å². The van der Waals surface area contributed by atoms with Gasteiger partial charge in [-0.15, -0.1) is 0 Å². The molecule has 0 fully saturated rings. The van der Waals surface area contributed by atoms with Gasteiger partial charge in [-0.2, -0.15) is 0 Å². The maximum absolute atomic E-state index is 12.4. The average molecular weight is 353 g/mol. The first-order valence-electron chi connectivity index (χ1n) is 8.70. The molecule has 0 heterocycles. The van der Waals surface area contributed by atoms with E-state index >= 15 is 0 Å². The highest BCUT2D eigenvalue weighted by atomic mass is 16.5. The van der Waals surface area contributed by atoms with Gasteiger partial charge in [-0.3, -0.25) is 4.79 Å². The van der Waals surface area contributed by atoms with Crippen molar-refractivity contribution in [2.45, 2.75) is 46.1 Å². The number of rotatable bonds is 5. The van der Waals surface area contributed by atoms with Gasteiger partial charge in [0.1, 0.15) is 11.5 Å². The van der Waals surface area contributed by atoms with Crippen LogP contribution in [0.15, 0.2) is 42.5 Å². The molecule has 3 N–H and O–H groups in total. The molecule has 26 heavy (non-hydrogen) atoms. The first-order valence-corrected chi connectivity index (χ1v) is 8.70. The minimum Gasteiger partial charge on any atom is -0.508 e. The fourth-order valence-electron chi connectivity index (χ4n) is 2.58. The number of hydrogen-bond donors (Lipinski definition) is 2. The van der Waals surface area contributed by atoms with E-state index in [9.17, 15) is 9.90 Å².